The largest absolute Gasteiger partial charge is 0.478 e. The zero-order valence-electron chi connectivity index (χ0n) is 20.6. The van der Waals surface area contributed by atoms with Gasteiger partial charge in [0.15, 0.2) is 5.82 Å². The van der Waals surface area contributed by atoms with E-state index in [1.165, 1.54) is 0 Å². The monoisotopic (exact) mass is 494 g/mol. The molecule has 0 saturated heterocycles. The minimum atomic E-state index is -0.944. The van der Waals surface area contributed by atoms with Crippen LogP contribution in [0.15, 0.2) is 48.5 Å². The molecule has 0 saturated carbocycles. The molecule has 3 rings (SSSR count). The first kappa shape index (κ1) is 26.5. The Hall–Kier alpha value is -3.13. The third kappa shape index (κ3) is 7.18. The van der Waals surface area contributed by atoms with Gasteiger partial charge in [-0.1, -0.05) is 63.2 Å². The van der Waals surface area contributed by atoms with Crippen molar-refractivity contribution in [3.8, 4) is 11.1 Å². The van der Waals surface area contributed by atoms with E-state index in [9.17, 15) is 14.7 Å². The second kappa shape index (κ2) is 12.5. The van der Waals surface area contributed by atoms with Gasteiger partial charge in [0.2, 0.25) is 5.91 Å². The summed E-state index contributed by atoms with van der Waals surface area (Å²) in [4.78, 5) is 28.8. The van der Waals surface area contributed by atoms with E-state index in [1.54, 1.807) is 12.1 Å². The fourth-order valence-corrected chi connectivity index (χ4v) is 4.38. The molecule has 3 aromatic rings. The van der Waals surface area contributed by atoms with Crippen LogP contribution in [0.4, 0.5) is 0 Å². The van der Waals surface area contributed by atoms with Crippen molar-refractivity contribution in [1.29, 1.82) is 0 Å². The second-order valence-corrected chi connectivity index (χ2v) is 9.49. The summed E-state index contributed by atoms with van der Waals surface area (Å²) < 4.78 is 1.88. The van der Waals surface area contributed by atoms with Crippen LogP contribution in [0.25, 0.3) is 11.1 Å². The van der Waals surface area contributed by atoms with Gasteiger partial charge in [0, 0.05) is 18.1 Å². The van der Waals surface area contributed by atoms with Gasteiger partial charge >= 0.3 is 5.97 Å². The van der Waals surface area contributed by atoms with Crippen molar-refractivity contribution in [3.05, 3.63) is 71.3 Å². The summed E-state index contributed by atoms with van der Waals surface area (Å²) in [6.45, 7) is 7.13. The average molecular weight is 495 g/mol. The van der Waals surface area contributed by atoms with Crippen LogP contribution in [-0.4, -0.2) is 37.5 Å². The molecule has 1 aromatic heterocycles. The number of amides is 1. The number of carbonyl (C=O) groups excluding carboxylic acids is 1. The van der Waals surface area contributed by atoms with Crippen molar-refractivity contribution in [2.24, 2.45) is 11.8 Å². The van der Waals surface area contributed by atoms with Crippen LogP contribution in [0.5, 0.6) is 0 Å². The molecule has 1 atom stereocenters. The molecule has 186 valence electrons. The Morgan fingerprint density at radius 2 is 1.83 bits per heavy atom. The number of carbonyl (C=O) groups is 2. The first-order chi connectivity index (χ1) is 16.8. The number of aryl methyl sites for hydroxylation is 1. The zero-order chi connectivity index (χ0) is 25.4. The smallest absolute Gasteiger partial charge is 0.336 e. The number of hydrogen-bond acceptors (Lipinski definition) is 5. The highest BCUT2D eigenvalue weighted by Crippen LogP contribution is 2.24. The van der Waals surface area contributed by atoms with E-state index in [0.717, 1.165) is 36.2 Å². The van der Waals surface area contributed by atoms with Gasteiger partial charge in [0.25, 0.3) is 0 Å². The van der Waals surface area contributed by atoms with Crippen molar-refractivity contribution in [1.82, 2.24) is 20.1 Å². The predicted molar refractivity (Wildman–Crippen MR) is 141 cm³/mol. The van der Waals surface area contributed by atoms with E-state index in [-0.39, 0.29) is 23.9 Å². The van der Waals surface area contributed by atoms with E-state index < -0.39 is 5.97 Å². The Bertz CT molecular complexity index is 1140. The Morgan fingerprint density at radius 1 is 1.11 bits per heavy atom. The molecule has 0 aliphatic heterocycles. The SMILES string of the molecule is CCCc1nc(CNC(=O)C(CS)CC(C)C)nn1Cc1ccc(-c2ccccc2C(=O)O)cc1. The van der Waals surface area contributed by atoms with Crippen LogP contribution in [0.1, 0.15) is 61.2 Å². The lowest BCUT2D eigenvalue weighted by molar-refractivity contribution is -0.125. The van der Waals surface area contributed by atoms with Crippen LogP contribution in [-0.2, 0) is 24.3 Å². The van der Waals surface area contributed by atoms with E-state index in [4.69, 9.17) is 0 Å². The second-order valence-electron chi connectivity index (χ2n) is 9.13. The van der Waals surface area contributed by atoms with Crippen LogP contribution in [0.2, 0.25) is 0 Å². The lowest BCUT2D eigenvalue weighted by atomic mass is 9.98. The quantitative estimate of drug-likeness (QED) is 0.313. The Balaban J connectivity index is 1.72. The molecule has 7 nitrogen and oxygen atoms in total. The number of benzene rings is 2. The summed E-state index contributed by atoms with van der Waals surface area (Å²) in [6, 6.07) is 14.8. The molecule has 1 amide bonds. The highest BCUT2D eigenvalue weighted by atomic mass is 32.1. The number of rotatable bonds is 12. The number of aromatic carboxylic acids is 1. The topological polar surface area (TPSA) is 97.1 Å². The fourth-order valence-electron chi connectivity index (χ4n) is 4.06. The maximum Gasteiger partial charge on any atom is 0.336 e. The minimum Gasteiger partial charge on any atom is -0.478 e. The summed E-state index contributed by atoms with van der Waals surface area (Å²) >= 11 is 4.33. The molecule has 2 aromatic carbocycles. The van der Waals surface area contributed by atoms with Gasteiger partial charge in [-0.15, -0.1) is 0 Å². The summed E-state index contributed by atoms with van der Waals surface area (Å²) in [5, 5.41) is 17.1. The summed E-state index contributed by atoms with van der Waals surface area (Å²) in [5.41, 5.74) is 2.85. The third-order valence-corrected chi connectivity index (χ3v) is 6.23. The normalized spacial score (nSPS) is 12.0. The van der Waals surface area contributed by atoms with Gasteiger partial charge in [0.1, 0.15) is 5.82 Å². The molecule has 1 heterocycles. The van der Waals surface area contributed by atoms with Gasteiger partial charge < -0.3 is 10.4 Å². The molecule has 0 fully saturated rings. The molecule has 0 aliphatic carbocycles. The minimum absolute atomic E-state index is 0.0145. The number of carboxylic acids is 1. The van der Waals surface area contributed by atoms with Crippen LogP contribution >= 0.6 is 12.6 Å². The lowest BCUT2D eigenvalue weighted by Gasteiger charge is -2.15. The number of aromatic nitrogens is 3. The fraction of sp³-hybridized carbons (Fsp3) is 0.407. The first-order valence-corrected chi connectivity index (χ1v) is 12.7. The zero-order valence-corrected chi connectivity index (χ0v) is 21.5. The Morgan fingerprint density at radius 3 is 2.46 bits per heavy atom. The van der Waals surface area contributed by atoms with Crippen molar-refractivity contribution in [3.63, 3.8) is 0 Å². The average Bonchev–Trinajstić information content (AvgIpc) is 3.22. The first-order valence-electron chi connectivity index (χ1n) is 12.0. The third-order valence-electron chi connectivity index (χ3n) is 5.79. The molecular weight excluding hydrogens is 460 g/mol. The number of carboxylic acid groups (broad SMARTS) is 1. The molecule has 0 aliphatic rings. The van der Waals surface area contributed by atoms with Crippen LogP contribution < -0.4 is 5.32 Å². The van der Waals surface area contributed by atoms with Gasteiger partial charge in [-0.25, -0.2) is 14.5 Å². The maximum atomic E-state index is 12.5. The molecule has 0 bridgehead atoms. The summed E-state index contributed by atoms with van der Waals surface area (Å²) in [5.74, 6) is 1.33. The molecule has 0 spiro atoms. The van der Waals surface area contributed by atoms with E-state index >= 15 is 0 Å². The van der Waals surface area contributed by atoms with Crippen molar-refractivity contribution in [2.45, 2.75) is 53.1 Å². The number of nitrogens with one attached hydrogen (secondary N) is 1. The Kier molecular flexibility index (Phi) is 9.48. The maximum absolute atomic E-state index is 12.5. The van der Waals surface area contributed by atoms with E-state index in [0.29, 0.717) is 29.6 Å². The highest BCUT2D eigenvalue weighted by Gasteiger charge is 2.19. The predicted octanol–water partition coefficient (Wildman–Crippen LogP) is 4.85. The van der Waals surface area contributed by atoms with Crippen molar-refractivity contribution >= 4 is 24.5 Å². The van der Waals surface area contributed by atoms with Gasteiger partial charge in [-0.2, -0.15) is 17.7 Å². The van der Waals surface area contributed by atoms with Gasteiger partial charge in [-0.3, -0.25) is 4.79 Å². The van der Waals surface area contributed by atoms with Crippen LogP contribution in [0, 0.1) is 11.8 Å². The summed E-state index contributed by atoms with van der Waals surface area (Å²) in [6.07, 6.45) is 2.52. The molecule has 1 unspecified atom stereocenters. The van der Waals surface area contributed by atoms with E-state index in [1.807, 2.05) is 41.1 Å². The highest BCUT2D eigenvalue weighted by molar-refractivity contribution is 7.80. The van der Waals surface area contributed by atoms with Gasteiger partial charge in [0.05, 0.1) is 18.7 Å². The Labute approximate surface area is 212 Å². The number of nitrogens with zero attached hydrogens (tertiary/aromatic N) is 3. The molecule has 0 radical (unpaired) electrons. The number of hydrogen-bond donors (Lipinski definition) is 3. The molecular formula is C27H34N4O3S. The molecule has 2 N–H and O–H groups in total. The van der Waals surface area contributed by atoms with E-state index in [2.05, 4.69) is 48.8 Å². The lowest BCUT2D eigenvalue weighted by Crippen LogP contribution is -2.32. The van der Waals surface area contributed by atoms with Crippen molar-refractivity contribution in [2.75, 3.05) is 5.75 Å². The van der Waals surface area contributed by atoms with Gasteiger partial charge in [-0.05, 0) is 41.5 Å². The van der Waals surface area contributed by atoms with Crippen molar-refractivity contribution < 1.29 is 14.7 Å². The van der Waals surface area contributed by atoms with Crippen LogP contribution in [0.3, 0.4) is 0 Å². The molecule has 35 heavy (non-hydrogen) atoms. The molecule has 8 heteroatoms. The number of thiol groups is 1. The standard InChI is InChI=1S/C27H34N4O3S/c1-4-7-25-29-24(15-28-26(32)21(17-35)14-18(2)3)30-31(25)16-19-10-12-20(13-11-19)22-8-5-6-9-23(22)27(33)34/h5-6,8-13,18,21,35H,4,7,14-17H2,1-3H3,(H,28,32)(H,33,34). The summed E-state index contributed by atoms with van der Waals surface area (Å²) in [7, 11) is 0.